The van der Waals surface area contributed by atoms with Crippen molar-refractivity contribution in [3.63, 3.8) is 0 Å². The van der Waals surface area contributed by atoms with Gasteiger partial charge in [0, 0.05) is 48.3 Å². The van der Waals surface area contributed by atoms with E-state index in [9.17, 15) is 22.4 Å². The number of aromatic nitrogens is 3. The monoisotopic (exact) mass is 542 g/mol. The Kier molecular flexibility index (Phi) is 8.93. The Balaban J connectivity index is 1.50. The third kappa shape index (κ3) is 7.40. The molecule has 1 fully saturated rings. The number of amides is 1. The lowest BCUT2D eigenvalue weighted by molar-refractivity contribution is -0.141. The van der Waals surface area contributed by atoms with Crippen LogP contribution in [0.1, 0.15) is 55.4 Å². The quantitative estimate of drug-likeness (QED) is 0.131. The molecule has 0 spiro atoms. The number of carbonyl (C=O) groups excluding carboxylic acids is 1. The van der Waals surface area contributed by atoms with Crippen LogP contribution in [-0.4, -0.2) is 34.3 Å². The van der Waals surface area contributed by atoms with Gasteiger partial charge in [0.25, 0.3) is 5.91 Å². The first-order valence-corrected chi connectivity index (χ1v) is 12.8. The molecule has 1 atom stereocenters. The summed E-state index contributed by atoms with van der Waals surface area (Å²) < 4.78 is 57.2. The van der Waals surface area contributed by atoms with E-state index in [1.807, 2.05) is 0 Å². The van der Waals surface area contributed by atoms with Crippen molar-refractivity contribution in [3.8, 4) is 11.1 Å². The van der Waals surface area contributed by atoms with Crippen molar-refractivity contribution in [2.75, 3.05) is 18.1 Å². The Morgan fingerprint density at radius 1 is 1.21 bits per heavy atom. The summed E-state index contributed by atoms with van der Waals surface area (Å²) in [5.74, 6) is 1.23. The molecule has 1 amide bonds. The second-order valence-electron chi connectivity index (χ2n) is 9.65. The van der Waals surface area contributed by atoms with Crippen LogP contribution in [-0.2, 0) is 17.4 Å². The molecule has 1 saturated carbocycles. The van der Waals surface area contributed by atoms with Gasteiger partial charge in [0.15, 0.2) is 5.82 Å². The number of hydrogen-bond donors (Lipinski definition) is 0. The van der Waals surface area contributed by atoms with Crippen molar-refractivity contribution < 1.29 is 26.9 Å². The minimum atomic E-state index is -4.54. The highest BCUT2D eigenvalue weighted by Gasteiger charge is 2.32. The Hall–Kier alpha value is -3.82. The van der Waals surface area contributed by atoms with E-state index in [2.05, 4.69) is 28.3 Å². The Morgan fingerprint density at radius 3 is 2.64 bits per heavy atom. The predicted octanol–water partition coefficient (Wildman–Crippen LogP) is 7.10. The van der Waals surface area contributed by atoms with Gasteiger partial charge in [-0.1, -0.05) is 36.0 Å². The molecule has 3 aromatic rings. The number of anilines is 1. The van der Waals surface area contributed by atoms with Crippen LogP contribution in [0.5, 0.6) is 0 Å². The largest absolute Gasteiger partial charge is 0.433 e. The van der Waals surface area contributed by atoms with Gasteiger partial charge < -0.3 is 9.42 Å². The van der Waals surface area contributed by atoms with E-state index in [0.717, 1.165) is 37.4 Å². The highest BCUT2D eigenvalue weighted by molar-refractivity contribution is 6.05. The molecule has 0 aliphatic heterocycles. The zero-order valence-corrected chi connectivity index (χ0v) is 21.5. The maximum atomic E-state index is 13.3. The van der Waals surface area contributed by atoms with Gasteiger partial charge in [0.05, 0.1) is 6.67 Å². The van der Waals surface area contributed by atoms with Gasteiger partial charge in [-0.2, -0.15) is 18.2 Å². The van der Waals surface area contributed by atoms with E-state index in [-0.39, 0.29) is 24.5 Å². The molecule has 1 aliphatic carbocycles. The molecule has 0 bridgehead atoms. The van der Waals surface area contributed by atoms with Crippen molar-refractivity contribution in [1.29, 1.82) is 0 Å². The molecule has 2 heterocycles. The lowest BCUT2D eigenvalue weighted by Crippen LogP contribution is -2.36. The van der Waals surface area contributed by atoms with Crippen LogP contribution in [0.3, 0.4) is 0 Å². The summed E-state index contributed by atoms with van der Waals surface area (Å²) in [5, 5.41) is 4.03. The first-order chi connectivity index (χ1) is 18.7. The molecule has 1 unspecified atom stereocenters. The maximum absolute atomic E-state index is 13.3. The van der Waals surface area contributed by atoms with Crippen molar-refractivity contribution in [1.82, 2.24) is 15.1 Å². The summed E-state index contributed by atoms with van der Waals surface area (Å²) >= 11 is 0. The third-order valence-electron chi connectivity index (χ3n) is 6.63. The molecule has 0 saturated heterocycles. The molecule has 2 aromatic heterocycles. The van der Waals surface area contributed by atoms with E-state index in [1.165, 1.54) is 11.0 Å². The number of hydrogen-bond acceptors (Lipinski definition) is 5. The predicted molar refractivity (Wildman–Crippen MR) is 140 cm³/mol. The van der Waals surface area contributed by atoms with Crippen LogP contribution in [0.25, 0.3) is 11.1 Å². The molecule has 1 aliphatic rings. The normalized spacial score (nSPS) is 14.2. The van der Waals surface area contributed by atoms with Crippen LogP contribution in [0.2, 0.25) is 0 Å². The minimum Gasteiger partial charge on any atom is -0.339 e. The Labute approximate surface area is 224 Å². The second-order valence-corrected chi connectivity index (χ2v) is 9.65. The smallest absolute Gasteiger partial charge is 0.339 e. The average molecular weight is 543 g/mol. The first-order valence-electron chi connectivity index (χ1n) is 12.8. The number of carbonyl (C=O) groups is 1. The fourth-order valence-corrected chi connectivity index (χ4v) is 4.21. The number of pyridine rings is 1. The van der Waals surface area contributed by atoms with Crippen molar-refractivity contribution in [3.05, 3.63) is 84.8 Å². The van der Waals surface area contributed by atoms with E-state index >= 15 is 0 Å². The molecular weight excluding hydrogens is 512 g/mol. The molecule has 0 N–H and O–H groups in total. The summed E-state index contributed by atoms with van der Waals surface area (Å²) in [5.41, 5.74) is 0.696. The maximum Gasteiger partial charge on any atom is 0.433 e. The van der Waals surface area contributed by atoms with Crippen LogP contribution in [0, 0.1) is 5.92 Å². The SMILES string of the molecule is C=CC(CCCc1nc(C2CC2)no1)CN(C(=O)C(=C)CCF)c1cccc(-c2ccc(C(F)(F)F)nc2)c1. The fraction of sp³-hybridized carbons (Fsp3) is 0.379. The van der Waals surface area contributed by atoms with Crippen LogP contribution < -0.4 is 4.90 Å². The molecule has 1 aromatic carbocycles. The highest BCUT2D eigenvalue weighted by atomic mass is 19.4. The number of halogens is 4. The van der Waals surface area contributed by atoms with Gasteiger partial charge in [-0.15, -0.1) is 6.58 Å². The van der Waals surface area contributed by atoms with Gasteiger partial charge in [-0.05, 0) is 55.4 Å². The Morgan fingerprint density at radius 2 is 2.00 bits per heavy atom. The molecular formula is C29H30F4N4O2. The zero-order valence-electron chi connectivity index (χ0n) is 21.5. The second kappa shape index (κ2) is 12.4. The molecule has 0 radical (unpaired) electrons. The summed E-state index contributed by atoms with van der Waals surface area (Å²) in [6, 6.07) is 9.09. The van der Waals surface area contributed by atoms with E-state index < -0.39 is 24.5 Å². The zero-order chi connectivity index (χ0) is 28.0. The topological polar surface area (TPSA) is 72.1 Å². The average Bonchev–Trinajstić information content (AvgIpc) is 3.68. The fourth-order valence-electron chi connectivity index (χ4n) is 4.21. The van der Waals surface area contributed by atoms with E-state index in [4.69, 9.17) is 4.52 Å². The summed E-state index contributed by atoms with van der Waals surface area (Å²) in [6.07, 6.45) is 2.47. The summed E-state index contributed by atoms with van der Waals surface area (Å²) in [7, 11) is 0. The number of rotatable bonds is 13. The molecule has 206 valence electrons. The highest BCUT2D eigenvalue weighted by Crippen LogP contribution is 2.38. The van der Waals surface area contributed by atoms with Gasteiger partial charge in [-0.3, -0.25) is 14.2 Å². The number of alkyl halides is 4. The standard InChI is InChI=1S/C29H30F4N4O2/c1-3-20(6-4-9-26-35-27(36-39-26)21-10-11-21)18-37(28(38)19(2)14-15-30)24-8-5-7-22(16-24)23-12-13-25(34-17-23)29(31,32)33/h3,5,7-8,12-13,16-17,20-21H,1-2,4,6,9-11,14-15,18H2. The van der Waals surface area contributed by atoms with Crippen molar-refractivity contribution >= 4 is 11.6 Å². The summed E-state index contributed by atoms with van der Waals surface area (Å²) in [6.45, 7) is 7.24. The van der Waals surface area contributed by atoms with Crippen LogP contribution >= 0.6 is 0 Å². The number of aryl methyl sites for hydroxylation is 1. The summed E-state index contributed by atoms with van der Waals surface area (Å²) in [4.78, 5) is 22.8. The van der Waals surface area contributed by atoms with E-state index in [0.29, 0.717) is 41.5 Å². The molecule has 39 heavy (non-hydrogen) atoms. The van der Waals surface area contributed by atoms with Crippen molar-refractivity contribution in [2.24, 2.45) is 5.92 Å². The number of nitrogens with zero attached hydrogens (tertiary/aromatic N) is 4. The van der Waals surface area contributed by atoms with E-state index in [1.54, 1.807) is 30.3 Å². The van der Waals surface area contributed by atoms with Gasteiger partial charge >= 0.3 is 6.18 Å². The third-order valence-corrected chi connectivity index (χ3v) is 6.63. The van der Waals surface area contributed by atoms with Crippen LogP contribution in [0.15, 0.2) is 71.9 Å². The molecule has 6 nitrogen and oxygen atoms in total. The van der Waals surface area contributed by atoms with Gasteiger partial charge in [0.2, 0.25) is 5.89 Å². The lowest BCUT2D eigenvalue weighted by Gasteiger charge is -2.27. The minimum absolute atomic E-state index is 0.100. The van der Waals surface area contributed by atoms with Gasteiger partial charge in [0.1, 0.15) is 5.69 Å². The first kappa shape index (κ1) is 28.2. The van der Waals surface area contributed by atoms with Crippen LogP contribution in [0.4, 0.5) is 23.2 Å². The van der Waals surface area contributed by atoms with Crippen molar-refractivity contribution in [2.45, 2.75) is 50.6 Å². The molecule has 4 rings (SSSR count). The molecule has 10 heteroatoms. The lowest BCUT2D eigenvalue weighted by atomic mass is 9.99. The van der Waals surface area contributed by atoms with Gasteiger partial charge in [-0.25, -0.2) is 0 Å². The number of benzene rings is 1. The Bertz CT molecular complexity index is 1300.